The highest BCUT2D eigenvalue weighted by Gasteiger charge is 2.26. The molecule has 1 atom stereocenters. The third-order valence-corrected chi connectivity index (χ3v) is 4.12. The van der Waals surface area contributed by atoms with Gasteiger partial charge in [-0.2, -0.15) is 0 Å². The molecule has 8 heteroatoms. The number of nitrogens with one attached hydrogen (secondary N) is 1. The number of aliphatic hydroxyl groups is 1. The molecule has 0 aliphatic heterocycles. The standard InChI is InChI=1S/C16H23BrN4O2.HI/c1-16(22,14-6-5-7-23-14)11-19-15(18-2)21(4)10-13-8-12(17)9-20(13)3;/h5-9,22H,10-11H2,1-4H3,(H,18,19);1H. The second-order valence-electron chi connectivity index (χ2n) is 5.77. The average molecular weight is 511 g/mol. The molecule has 0 amide bonds. The number of guanidine groups is 1. The summed E-state index contributed by atoms with van der Waals surface area (Å²) in [5, 5.41) is 13.7. The van der Waals surface area contributed by atoms with Crippen molar-refractivity contribution in [1.82, 2.24) is 14.8 Å². The van der Waals surface area contributed by atoms with Crippen LogP contribution in [0.25, 0.3) is 0 Å². The molecule has 0 aliphatic carbocycles. The number of rotatable bonds is 5. The highest BCUT2D eigenvalue weighted by molar-refractivity contribution is 14.0. The summed E-state index contributed by atoms with van der Waals surface area (Å²) in [7, 11) is 5.69. The predicted molar refractivity (Wildman–Crippen MR) is 110 cm³/mol. The maximum atomic E-state index is 10.5. The normalized spacial score (nSPS) is 14.0. The topological polar surface area (TPSA) is 65.9 Å². The first kappa shape index (κ1) is 21.0. The minimum Gasteiger partial charge on any atom is -0.466 e. The summed E-state index contributed by atoms with van der Waals surface area (Å²) < 4.78 is 8.40. The molecule has 0 aromatic carbocycles. The van der Waals surface area contributed by atoms with Gasteiger partial charge >= 0.3 is 0 Å². The number of aryl methyl sites for hydroxylation is 1. The van der Waals surface area contributed by atoms with Crippen molar-refractivity contribution in [3.63, 3.8) is 0 Å². The third kappa shape index (κ3) is 5.25. The molecule has 0 fully saturated rings. The number of aliphatic imine (C=N–C) groups is 1. The van der Waals surface area contributed by atoms with Gasteiger partial charge in [-0.25, -0.2) is 0 Å². The molecule has 24 heavy (non-hydrogen) atoms. The van der Waals surface area contributed by atoms with E-state index in [1.807, 2.05) is 25.2 Å². The predicted octanol–water partition coefficient (Wildman–Crippen LogP) is 2.91. The lowest BCUT2D eigenvalue weighted by molar-refractivity contribution is 0.0381. The maximum Gasteiger partial charge on any atom is 0.193 e. The molecule has 0 saturated carbocycles. The Labute approximate surface area is 168 Å². The fraction of sp³-hybridized carbons (Fsp3) is 0.438. The van der Waals surface area contributed by atoms with Gasteiger partial charge in [0, 0.05) is 37.5 Å². The quantitative estimate of drug-likeness (QED) is 0.369. The first-order valence-electron chi connectivity index (χ1n) is 7.32. The Kier molecular flexibility index (Phi) is 7.81. The van der Waals surface area contributed by atoms with Crippen LogP contribution in [-0.2, 0) is 19.2 Å². The summed E-state index contributed by atoms with van der Waals surface area (Å²) in [5.41, 5.74) is 0.0500. The molecular weight excluding hydrogens is 487 g/mol. The largest absolute Gasteiger partial charge is 0.466 e. The summed E-state index contributed by atoms with van der Waals surface area (Å²) in [5.74, 6) is 1.23. The zero-order valence-corrected chi connectivity index (χ0v) is 18.2. The zero-order chi connectivity index (χ0) is 17.0. The van der Waals surface area contributed by atoms with Crippen molar-refractivity contribution in [3.05, 3.63) is 46.6 Å². The van der Waals surface area contributed by atoms with E-state index in [1.165, 1.54) is 0 Å². The van der Waals surface area contributed by atoms with Gasteiger partial charge in [0.15, 0.2) is 5.96 Å². The molecule has 2 aromatic heterocycles. The Morgan fingerprint density at radius 3 is 2.75 bits per heavy atom. The van der Waals surface area contributed by atoms with E-state index in [0.717, 1.165) is 10.2 Å². The number of hydrogen-bond acceptors (Lipinski definition) is 3. The molecular formula is C16H24BrIN4O2. The molecule has 0 aliphatic rings. The van der Waals surface area contributed by atoms with Crippen LogP contribution >= 0.6 is 39.9 Å². The van der Waals surface area contributed by atoms with Crippen molar-refractivity contribution in [2.75, 3.05) is 20.6 Å². The fourth-order valence-corrected chi connectivity index (χ4v) is 2.92. The Bertz CT molecular complexity index is 668. The number of halogens is 2. The molecule has 2 N–H and O–H groups in total. The number of furan rings is 1. The Balaban J connectivity index is 0.00000288. The summed E-state index contributed by atoms with van der Waals surface area (Å²) in [6, 6.07) is 5.59. The first-order valence-corrected chi connectivity index (χ1v) is 8.11. The monoisotopic (exact) mass is 510 g/mol. The molecule has 0 bridgehead atoms. The molecule has 134 valence electrons. The van der Waals surface area contributed by atoms with Gasteiger partial charge in [-0.15, -0.1) is 24.0 Å². The highest BCUT2D eigenvalue weighted by Crippen LogP contribution is 2.20. The summed E-state index contributed by atoms with van der Waals surface area (Å²) in [4.78, 5) is 6.27. The molecule has 2 aromatic rings. The second-order valence-corrected chi connectivity index (χ2v) is 6.68. The molecule has 2 heterocycles. The van der Waals surface area contributed by atoms with Gasteiger partial charge in [-0.05, 0) is 41.1 Å². The Morgan fingerprint density at radius 1 is 1.54 bits per heavy atom. The van der Waals surface area contributed by atoms with Gasteiger partial charge in [-0.3, -0.25) is 4.99 Å². The Morgan fingerprint density at radius 2 is 2.25 bits per heavy atom. The first-order chi connectivity index (χ1) is 10.8. The van der Waals surface area contributed by atoms with E-state index in [-0.39, 0.29) is 24.0 Å². The lowest BCUT2D eigenvalue weighted by Crippen LogP contribution is -2.45. The summed E-state index contributed by atoms with van der Waals surface area (Å²) in [6.45, 7) is 2.71. The minimum atomic E-state index is -1.10. The minimum absolute atomic E-state index is 0. The van der Waals surface area contributed by atoms with Crippen molar-refractivity contribution < 1.29 is 9.52 Å². The highest BCUT2D eigenvalue weighted by atomic mass is 127. The van der Waals surface area contributed by atoms with Crippen LogP contribution in [0.4, 0.5) is 0 Å². The molecule has 0 spiro atoms. The van der Waals surface area contributed by atoms with Crippen LogP contribution < -0.4 is 5.32 Å². The SMILES string of the molecule is CN=C(NCC(C)(O)c1ccco1)N(C)Cc1cc(Br)cn1C.I. The van der Waals surface area contributed by atoms with Crippen LogP contribution in [0.15, 0.2) is 44.5 Å². The van der Waals surface area contributed by atoms with Crippen LogP contribution in [0.2, 0.25) is 0 Å². The van der Waals surface area contributed by atoms with E-state index >= 15 is 0 Å². The molecule has 2 rings (SSSR count). The lowest BCUT2D eigenvalue weighted by Gasteiger charge is -2.26. The van der Waals surface area contributed by atoms with Crippen LogP contribution in [0, 0.1) is 0 Å². The van der Waals surface area contributed by atoms with Crippen LogP contribution in [0.1, 0.15) is 18.4 Å². The van der Waals surface area contributed by atoms with Crippen molar-refractivity contribution in [3.8, 4) is 0 Å². The van der Waals surface area contributed by atoms with E-state index < -0.39 is 5.60 Å². The van der Waals surface area contributed by atoms with Gasteiger partial charge in [0.1, 0.15) is 11.4 Å². The maximum absolute atomic E-state index is 10.5. The lowest BCUT2D eigenvalue weighted by atomic mass is 10.0. The number of aromatic nitrogens is 1. The fourth-order valence-electron chi connectivity index (χ4n) is 2.35. The van der Waals surface area contributed by atoms with E-state index in [0.29, 0.717) is 24.8 Å². The van der Waals surface area contributed by atoms with Crippen molar-refractivity contribution >= 4 is 45.9 Å². The molecule has 0 radical (unpaired) electrons. The van der Waals surface area contributed by atoms with Crippen molar-refractivity contribution in [2.45, 2.75) is 19.1 Å². The van der Waals surface area contributed by atoms with E-state index in [9.17, 15) is 5.11 Å². The van der Waals surface area contributed by atoms with Crippen LogP contribution in [0.5, 0.6) is 0 Å². The van der Waals surface area contributed by atoms with Gasteiger partial charge in [0.2, 0.25) is 0 Å². The summed E-state index contributed by atoms with van der Waals surface area (Å²) in [6.07, 6.45) is 3.57. The van der Waals surface area contributed by atoms with E-state index in [4.69, 9.17) is 4.42 Å². The number of nitrogens with zero attached hydrogens (tertiary/aromatic N) is 3. The van der Waals surface area contributed by atoms with Gasteiger partial charge in [-0.1, -0.05) is 0 Å². The second kappa shape index (κ2) is 8.91. The molecule has 6 nitrogen and oxygen atoms in total. The molecule has 1 unspecified atom stereocenters. The van der Waals surface area contributed by atoms with E-state index in [2.05, 4.69) is 36.9 Å². The van der Waals surface area contributed by atoms with Gasteiger partial charge in [0.05, 0.1) is 19.4 Å². The van der Waals surface area contributed by atoms with Crippen LogP contribution in [0.3, 0.4) is 0 Å². The number of hydrogen-bond donors (Lipinski definition) is 2. The smallest absolute Gasteiger partial charge is 0.193 e. The molecule has 0 saturated heterocycles. The summed E-state index contributed by atoms with van der Waals surface area (Å²) >= 11 is 3.48. The Hall–Kier alpha value is -1.000. The van der Waals surface area contributed by atoms with Crippen LogP contribution in [-0.4, -0.2) is 41.2 Å². The zero-order valence-electron chi connectivity index (χ0n) is 14.3. The average Bonchev–Trinajstić information content (AvgIpc) is 3.10. The van der Waals surface area contributed by atoms with Gasteiger partial charge in [0.25, 0.3) is 0 Å². The van der Waals surface area contributed by atoms with E-state index in [1.54, 1.807) is 32.4 Å². The van der Waals surface area contributed by atoms with Crippen molar-refractivity contribution in [2.24, 2.45) is 12.0 Å². The van der Waals surface area contributed by atoms with Gasteiger partial charge < -0.3 is 24.3 Å². The third-order valence-electron chi connectivity index (χ3n) is 3.69. The van der Waals surface area contributed by atoms with Crippen molar-refractivity contribution in [1.29, 1.82) is 0 Å².